The van der Waals surface area contributed by atoms with Gasteiger partial charge in [0.25, 0.3) is 0 Å². The molecule has 4 unspecified atom stereocenters. The van der Waals surface area contributed by atoms with Crippen molar-refractivity contribution in [2.75, 3.05) is 6.61 Å². The molecule has 22 heavy (non-hydrogen) atoms. The Kier molecular flexibility index (Phi) is 7.74. The zero-order valence-corrected chi connectivity index (χ0v) is 15.7. The van der Waals surface area contributed by atoms with E-state index in [4.69, 9.17) is 4.74 Å². The van der Waals surface area contributed by atoms with E-state index in [-0.39, 0.29) is 0 Å². The smallest absolute Gasteiger partial charge is 0.0603 e. The molecule has 4 atom stereocenters. The highest BCUT2D eigenvalue weighted by atomic mass is 16.5. The van der Waals surface area contributed by atoms with Crippen LogP contribution in [0, 0.1) is 29.6 Å². The van der Waals surface area contributed by atoms with Gasteiger partial charge in [0.15, 0.2) is 0 Å². The van der Waals surface area contributed by atoms with Crippen LogP contribution in [0.15, 0.2) is 0 Å². The molecule has 1 nitrogen and oxygen atoms in total. The number of ether oxygens (including phenoxy) is 1. The van der Waals surface area contributed by atoms with Crippen LogP contribution in [0.5, 0.6) is 0 Å². The Morgan fingerprint density at radius 2 is 1.55 bits per heavy atom. The maximum Gasteiger partial charge on any atom is 0.0603 e. The van der Waals surface area contributed by atoms with E-state index in [1.165, 1.54) is 64.2 Å². The van der Waals surface area contributed by atoms with Crippen LogP contribution in [0.1, 0.15) is 91.9 Å². The molecular formula is C21H40O. The van der Waals surface area contributed by atoms with Crippen molar-refractivity contribution in [2.24, 2.45) is 29.6 Å². The lowest BCUT2D eigenvalue weighted by Crippen LogP contribution is -2.40. The summed E-state index contributed by atoms with van der Waals surface area (Å²) in [6.45, 7) is 10.3. The molecular weight excluding hydrogens is 268 g/mol. The second kappa shape index (κ2) is 9.30. The molecule has 0 amide bonds. The summed E-state index contributed by atoms with van der Waals surface area (Å²) < 4.78 is 5.97. The summed E-state index contributed by atoms with van der Waals surface area (Å²) in [4.78, 5) is 0. The van der Waals surface area contributed by atoms with Crippen molar-refractivity contribution in [1.82, 2.24) is 0 Å². The van der Waals surface area contributed by atoms with Gasteiger partial charge in [0.2, 0.25) is 0 Å². The molecule has 2 saturated carbocycles. The van der Waals surface area contributed by atoms with Crippen molar-refractivity contribution in [3.8, 4) is 0 Å². The molecule has 0 aromatic heterocycles. The zero-order chi connectivity index (χ0) is 15.9. The Bertz CT molecular complexity index is 292. The maximum absolute atomic E-state index is 5.97. The van der Waals surface area contributed by atoms with Crippen molar-refractivity contribution >= 4 is 0 Å². The summed E-state index contributed by atoms with van der Waals surface area (Å²) >= 11 is 0. The van der Waals surface area contributed by atoms with Crippen LogP contribution in [0.3, 0.4) is 0 Å². The molecule has 2 aliphatic carbocycles. The van der Waals surface area contributed by atoms with Gasteiger partial charge in [-0.1, -0.05) is 59.3 Å². The molecule has 2 fully saturated rings. The van der Waals surface area contributed by atoms with E-state index >= 15 is 0 Å². The predicted molar refractivity (Wildman–Crippen MR) is 96.1 cm³/mol. The van der Waals surface area contributed by atoms with Crippen LogP contribution in [-0.4, -0.2) is 12.7 Å². The highest BCUT2D eigenvalue weighted by molar-refractivity contribution is 4.89. The minimum Gasteiger partial charge on any atom is -0.378 e. The minimum absolute atomic E-state index is 0.529. The quantitative estimate of drug-likeness (QED) is 0.490. The van der Waals surface area contributed by atoms with E-state index < -0.39 is 0 Å². The van der Waals surface area contributed by atoms with Gasteiger partial charge in [0.1, 0.15) is 0 Å². The average Bonchev–Trinajstić information content (AvgIpc) is 2.53. The molecule has 0 N–H and O–H groups in total. The zero-order valence-electron chi connectivity index (χ0n) is 15.7. The molecule has 0 bridgehead atoms. The SMILES string of the molecule is CCCCCC1CCC(C2CCC(OCC)C(C)C2C)CC1. The lowest BCUT2D eigenvalue weighted by atomic mass is 9.63. The lowest BCUT2D eigenvalue weighted by Gasteiger charge is -2.45. The Morgan fingerprint density at radius 3 is 2.18 bits per heavy atom. The van der Waals surface area contributed by atoms with Crippen molar-refractivity contribution < 1.29 is 4.74 Å². The monoisotopic (exact) mass is 308 g/mol. The summed E-state index contributed by atoms with van der Waals surface area (Å²) in [6.07, 6.45) is 15.1. The molecule has 130 valence electrons. The van der Waals surface area contributed by atoms with Crippen LogP contribution in [0.25, 0.3) is 0 Å². The van der Waals surface area contributed by atoms with Crippen molar-refractivity contribution in [2.45, 2.75) is 98.0 Å². The van der Waals surface area contributed by atoms with Crippen LogP contribution >= 0.6 is 0 Å². The van der Waals surface area contributed by atoms with Gasteiger partial charge < -0.3 is 4.74 Å². The normalized spacial score (nSPS) is 39.8. The third-order valence-electron chi connectivity index (χ3n) is 6.97. The number of hydrogen-bond donors (Lipinski definition) is 0. The fraction of sp³-hybridized carbons (Fsp3) is 1.00. The summed E-state index contributed by atoms with van der Waals surface area (Å²) in [6, 6.07) is 0. The van der Waals surface area contributed by atoms with Gasteiger partial charge in [0, 0.05) is 6.61 Å². The minimum atomic E-state index is 0.529. The summed E-state index contributed by atoms with van der Waals surface area (Å²) in [7, 11) is 0. The fourth-order valence-corrected chi connectivity index (χ4v) is 5.31. The van der Waals surface area contributed by atoms with Crippen LogP contribution in [-0.2, 0) is 4.74 Å². The Morgan fingerprint density at radius 1 is 0.818 bits per heavy atom. The van der Waals surface area contributed by atoms with Gasteiger partial charge in [-0.05, 0) is 62.2 Å². The second-order valence-electron chi connectivity index (χ2n) is 8.23. The van der Waals surface area contributed by atoms with Crippen LogP contribution < -0.4 is 0 Å². The summed E-state index contributed by atoms with van der Waals surface area (Å²) in [5.74, 6) is 4.65. The maximum atomic E-state index is 5.97. The fourth-order valence-electron chi connectivity index (χ4n) is 5.31. The Hall–Kier alpha value is -0.0400. The van der Waals surface area contributed by atoms with Gasteiger partial charge in [-0.2, -0.15) is 0 Å². The van der Waals surface area contributed by atoms with Gasteiger partial charge >= 0.3 is 0 Å². The summed E-state index contributed by atoms with van der Waals surface area (Å²) in [5, 5.41) is 0. The highest BCUT2D eigenvalue weighted by Gasteiger charge is 2.39. The van der Waals surface area contributed by atoms with Gasteiger partial charge in [-0.25, -0.2) is 0 Å². The first-order chi connectivity index (χ1) is 10.7. The van der Waals surface area contributed by atoms with E-state index in [1.54, 1.807) is 0 Å². The van der Waals surface area contributed by atoms with Gasteiger partial charge in [-0.15, -0.1) is 0 Å². The molecule has 0 radical (unpaired) electrons. The van der Waals surface area contributed by atoms with E-state index in [0.717, 1.165) is 36.2 Å². The first-order valence-corrected chi connectivity index (χ1v) is 10.3. The van der Waals surface area contributed by atoms with Crippen molar-refractivity contribution in [1.29, 1.82) is 0 Å². The van der Waals surface area contributed by atoms with E-state index in [9.17, 15) is 0 Å². The molecule has 0 spiro atoms. The van der Waals surface area contributed by atoms with Crippen molar-refractivity contribution in [3.05, 3.63) is 0 Å². The topological polar surface area (TPSA) is 9.23 Å². The van der Waals surface area contributed by atoms with Crippen LogP contribution in [0.4, 0.5) is 0 Å². The third kappa shape index (κ3) is 4.73. The number of unbranched alkanes of at least 4 members (excludes halogenated alkanes) is 2. The molecule has 0 saturated heterocycles. The number of rotatable bonds is 7. The van der Waals surface area contributed by atoms with Gasteiger partial charge in [0.05, 0.1) is 6.10 Å². The highest BCUT2D eigenvalue weighted by Crippen LogP contribution is 2.46. The molecule has 0 heterocycles. The van der Waals surface area contributed by atoms with Crippen molar-refractivity contribution in [3.63, 3.8) is 0 Å². The number of hydrogen-bond acceptors (Lipinski definition) is 1. The molecule has 0 aliphatic heterocycles. The van der Waals surface area contributed by atoms with E-state index in [1.807, 2.05) is 0 Å². The molecule has 0 aromatic rings. The predicted octanol–water partition coefficient (Wildman–Crippen LogP) is 6.46. The molecule has 2 aliphatic rings. The van der Waals surface area contributed by atoms with E-state index in [0.29, 0.717) is 6.10 Å². The van der Waals surface area contributed by atoms with E-state index in [2.05, 4.69) is 27.7 Å². The van der Waals surface area contributed by atoms with Gasteiger partial charge in [-0.3, -0.25) is 0 Å². The largest absolute Gasteiger partial charge is 0.378 e. The lowest BCUT2D eigenvalue weighted by molar-refractivity contribution is -0.0511. The third-order valence-corrected chi connectivity index (χ3v) is 6.97. The second-order valence-corrected chi connectivity index (χ2v) is 8.23. The first-order valence-electron chi connectivity index (χ1n) is 10.3. The Labute approximate surface area is 139 Å². The average molecular weight is 309 g/mol. The molecule has 2 rings (SSSR count). The molecule has 1 heteroatoms. The van der Waals surface area contributed by atoms with Crippen LogP contribution in [0.2, 0.25) is 0 Å². The molecule has 0 aromatic carbocycles. The first kappa shape index (κ1) is 18.3. The summed E-state index contributed by atoms with van der Waals surface area (Å²) in [5.41, 5.74) is 0. The standard InChI is InChI=1S/C21H40O/c1-5-7-8-9-18-10-12-19(13-11-18)20-14-15-21(22-6-2)17(4)16(20)3/h16-21H,5-15H2,1-4H3. The Balaban J connectivity index is 1.77.